The molecule has 6 N–H and O–H groups in total. The Morgan fingerprint density at radius 2 is 1.47 bits per heavy atom. The van der Waals surface area contributed by atoms with Crippen molar-refractivity contribution in [1.82, 2.24) is 20.4 Å². The number of carbonyl (C=O) groups excluding carboxylic acids is 4. The zero-order valence-corrected chi connectivity index (χ0v) is 29.5. The Balaban J connectivity index is 1.48. The number of hydrogen-bond acceptors (Lipinski definition) is 5. The molecule has 0 spiro atoms. The Hall–Kier alpha value is -5.40. The zero-order chi connectivity index (χ0) is 38.0. The van der Waals surface area contributed by atoms with E-state index in [1.54, 1.807) is 0 Å². The first-order valence-corrected chi connectivity index (χ1v) is 17.9. The molecular formula is C39H46F3N7O4. The van der Waals surface area contributed by atoms with Gasteiger partial charge in [-0.2, -0.15) is 13.2 Å². The highest BCUT2D eigenvalue weighted by atomic mass is 19.4. The van der Waals surface area contributed by atoms with Gasteiger partial charge in [0.25, 0.3) is 0 Å². The molecule has 1 atom stereocenters. The van der Waals surface area contributed by atoms with Gasteiger partial charge in [-0.1, -0.05) is 66.7 Å². The van der Waals surface area contributed by atoms with E-state index in [1.807, 2.05) is 54.6 Å². The largest absolute Gasteiger partial charge is 0.416 e. The predicted molar refractivity (Wildman–Crippen MR) is 195 cm³/mol. The van der Waals surface area contributed by atoms with Gasteiger partial charge in [0.05, 0.1) is 18.7 Å². The predicted octanol–water partition coefficient (Wildman–Crippen LogP) is 4.00. The fourth-order valence-electron chi connectivity index (χ4n) is 6.92. The molecule has 3 aromatic rings. The lowest BCUT2D eigenvalue weighted by Gasteiger charge is -2.33. The van der Waals surface area contributed by atoms with Gasteiger partial charge in [-0.25, -0.2) is 0 Å². The Kier molecular flexibility index (Phi) is 13.1. The van der Waals surface area contributed by atoms with Crippen molar-refractivity contribution < 1.29 is 32.3 Å². The molecular weight excluding hydrogens is 687 g/mol. The van der Waals surface area contributed by atoms with Crippen LogP contribution in [0.5, 0.6) is 0 Å². The lowest BCUT2D eigenvalue weighted by atomic mass is 9.84. The number of hydrogen-bond donors (Lipinski definition) is 4. The average molecular weight is 734 g/mol. The molecule has 0 unspecified atom stereocenters. The van der Waals surface area contributed by atoms with Gasteiger partial charge in [0.2, 0.25) is 23.6 Å². The van der Waals surface area contributed by atoms with Gasteiger partial charge in [-0.3, -0.25) is 24.2 Å². The number of guanidine groups is 1. The van der Waals surface area contributed by atoms with E-state index in [4.69, 9.17) is 11.5 Å². The van der Waals surface area contributed by atoms with Crippen LogP contribution in [0.3, 0.4) is 0 Å². The first-order valence-electron chi connectivity index (χ1n) is 17.9. The summed E-state index contributed by atoms with van der Waals surface area (Å²) in [6.07, 6.45) is -1.40. The van der Waals surface area contributed by atoms with Gasteiger partial charge in [0.15, 0.2) is 5.96 Å². The molecule has 1 aliphatic carbocycles. The minimum absolute atomic E-state index is 0.0212. The Bertz CT molecular complexity index is 1760. The highest BCUT2D eigenvalue weighted by molar-refractivity contribution is 5.92. The van der Waals surface area contributed by atoms with Gasteiger partial charge in [0.1, 0.15) is 6.04 Å². The van der Waals surface area contributed by atoms with Crippen molar-refractivity contribution in [3.63, 3.8) is 0 Å². The van der Waals surface area contributed by atoms with E-state index in [-0.39, 0.29) is 75.2 Å². The summed E-state index contributed by atoms with van der Waals surface area (Å²) < 4.78 is 39.7. The van der Waals surface area contributed by atoms with Crippen LogP contribution < -0.4 is 22.1 Å². The molecule has 2 saturated heterocycles. The maximum atomic E-state index is 14.3. The molecule has 282 valence electrons. The molecule has 3 aromatic carbocycles. The smallest absolute Gasteiger partial charge is 0.370 e. The van der Waals surface area contributed by atoms with E-state index in [2.05, 4.69) is 15.6 Å². The summed E-state index contributed by atoms with van der Waals surface area (Å²) in [6.45, 7) is -0.687. The summed E-state index contributed by atoms with van der Waals surface area (Å²) in [7, 11) is 0. The third-order valence-electron chi connectivity index (χ3n) is 9.77. The normalized spacial score (nSPS) is 20.5. The fourth-order valence-corrected chi connectivity index (χ4v) is 6.92. The molecule has 3 aliphatic rings. The van der Waals surface area contributed by atoms with Crippen LogP contribution in [0.2, 0.25) is 0 Å². The van der Waals surface area contributed by atoms with Crippen molar-refractivity contribution in [2.24, 2.45) is 22.4 Å². The second kappa shape index (κ2) is 17.9. The number of amides is 4. The monoisotopic (exact) mass is 733 g/mol. The highest BCUT2D eigenvalue weighted by Gasteiger charge is 2.33. The number of nitrogens with two attached hydrogens (primary N) is 2. The summed E-state index contributed by atoms with van der Waals surface area (Å²) in [5.41, 5.74) is 13.4. The molecule has 11 nitrogen and oxygen atoms in total. The SMILES string of the molecule is NC(N)=NCC[C@@H]1NC(=O)CC2CCC(CC2)NC(=O)CN(Cc2ccccc2-c2ccccc2)C(=O)CN(CCc2ccc(C(F)(F)F)cc2)C1=O. The standard InChI is InChI=1S/C39H46F3N7O4/c40-39(41,42)30-14-10-26(11-15-30)19-21-48-25-36(52)49(23-29-8-4-5-9-32(29)28-6-2-1-3-7-28)24-35(51)46-31-16-12-27(13-17-31)22-34(50)47-33(37(48)53)18-20-45-38(43)44/h1-11,14-15,27,31,33H,12-13,16-25H2,(H,46,51)(H,47,50)(H4,43,44,45)/t27?,31?,33-/m0/s1. The molecule has 2 bridgehead atoms. The number of nitrogens with zero attached hydrogens (tertiary/aromatic N) is 3. The summed E-state index contributed by atoms with van der Waals surface area (Å²) in [6, 6.07) is 20.6. The lowest BCUT2D eigenvalue weighted by molar-refractivity contribution is -0.144. The Labute approximate surface area is 307 Å². The first kappa shape index (κ1) is 38.8. The third-order valence-corrected chi connectivity index (χ3v) is 9.77. The van der Waals surface area contributed by atoms with Crippen molar-refractivity contribution in [2.75, 3.05) is 26.2 Å². The van der Waals surface area contributed by atoms with Crippen LogP contribution in [0, 0.1) is 5.92 Å². The quantitative estimate of drug-likeness (QED) is 0.148. The third kappa shape index (κ3) is 11.3. The van der Waals surface area contributed by atoms with E-state index in [0.717, 1.165) is 28.8 Å². The van der Waals surface area contributed by atoms with Gasteiger partial charge < -0.3 is 31.9 Å². The molecule has 3 fully saturated rings. The molecule has 2 aliphatic heterocycles. The molecule has 53 heavy (non-hydrogen) atoms. The van der Waals surface area contributed by atoms with Gasteiger partial charge in [-0.15, -0.1) is 0 Å². The van der Waals surface area contributed by atoms with Crippen LogP contribution in [0.15, 0.2) is 83.9 Å². The number of fused-ring (bicyclic) bond motifs is 13. The number of carbonyl (C=O) groups is 4. The topological polar surface area (TPSA) is 163 Å². The van der Waals surface area contributed by atoms with Crippen LogP contribution in [0.1, 0.15) is 55.2 Å². The minimum Gasteiger partial charge on any atom is -0.370 e. The summed E-state index contributed by atoms with van der Waals surface area (Å²) >= 11 is 0. The van der Waals surface area contributed by atoms with Crippen LogP contribution >= 0.6 is 0 Å². The molecule has 1 saturated carbocycles. The number of aliphatic imine (C=N–C) groups is 1. The summed E-state index contributed by atoms with van der Waals surface area (Å²) in [5.74, 6) is -1.88. The van der Waals surface area contributed by atoms with Crippen LogP contribution in [0.4, 0.5) is 13.2 Å². The van der Waals surface area contributed by atoms with Gasteiger partial charge in [0, 0.05) is 32.1 Å². The van der Waals surface area contributed by atoms with E-state index in [0.29, 0.717) is 31.2 Å². The van der Waals surface area contributed by atoms with Crippen LogP contribution in [-0.4, -0.2) is 77.7 Å². The van der Waals surface area contributed by atoms with E-state index >= 15 is 0 Å². The van der Waals surface area contributed by atoms with Gasteiger partial charge >= 0.3 is 6.18 Å². The lowest BCUT2D eigenvalue weighted by Crippen LogP contribution is -2.54. The highest BCUT2D eigenvalue weighted by Crippen LogP contribution is 2.30. The van der Waals surface area contributed by atoms with E-state index < -0.39 is 36.1 Å². The first-order chi connectivity index (χ1) is 25.4. The number of alkyl halides is 3. The maximum absolute atomic E-state index is 14.3. The molecule has 2 heterocycles. The van der Waals surface area contributed by atoms with Gasteiger partial charge in [-0.05, 0) is 78.8 Å². The Morgan fingerprint density at radius 3 is 2.15 bits per heavy atom. The average Bonchev–Trinajstić information content (AvgIpc) is 3.13. The van der Waals surface area contributed by atoms with Crippen LogP contribution in [-0.2, 0) is 38.3 Å². The van der Waals surface area contributed by atoms with E-state index in [9.17, 15) is 32.3 Å². The second-order valence-electron chi connectivity index (χ2n) is 13.7. The number of rotatable bonds is 9. The van der Waals surface area contributed by atoms with Crippen molar-refractivity contribution in [3.05, 3.63) is 95.6 Å². The van der Waals surface area contributed by atoms with Crippen LogP contribution in [0.25, 0.3) is 11.1 Å². The summed E-state index contributed by atoms with van der Waals surface area (Å²) in [5, 5.41) is 5.93. The molecule has 0 radical (unpaired) electrons. The molecule has 6 rings (SSSR count). The van der Waals surface area contributed by atoms with Crippen molar-refractivity contribution in [3.8, 4) is 11.1 Å². The molecule has 4 amide bonds. The summed E-state index contributed by atoms with van der Waals surface area (Å²) in [4.78, 5) is 62.2. The van der Waals surface area contributed by atoms with Crippen molar-refractivity contribution in [1.29, 1.82) is 0 Å². The molecule has 14 heteroatoms. The van der Waals surface area contributed by atoms with Crippen molar-refractivity contribution >= 4 is 29.6 Å². The molecule has 0 aromatic heterocycles. The minimum atomic E-state index is -4.51. The number of nitrogens with one attached hydrogen (secondary N) is 2. The fraction of sp³-hybridized carbons (Fsp3) is 0.410. The number of benzene rings is 3. The Morgan fingerprint density at radius 1 is 0.792 bits per heavy atom. The second-order valence-corrected chi connectivity index (χ2v) is 13.7. The van der Waals surface area contributed by atoms with Crippen molar-refractivity contribution in [2.45, 2.75) is 69.8 Å². The number of halogens is 3. The maximum Gasteiger partial charge on any atom is 0.416 e. The van der Waals surface area contributed by atoms with E-state index in [1.165, 1.54) is 21.9 Å². The zero-order valence-electron chi connectivity index (χ0n) is 29.5.